The molecule has 0 radical (unpaired) electrons. The van der Waals surface area contributed by atoms with Gasteiger partial charge in [-0.1, -0.05) is 36.4 Å². The molecule has 0 aliphatic rings. The molecule has 3 aromatic carbocycles. The van der Waals surface area contributed by atoms with Crippen molar-refractivity contribution in [2.24, 2.45) is 0 Å². The van der Waals surface area contributed by atoms with Crippen molar-refractivity contribution in [1.82, 2.24) is 19.7 Å². The highest BCUT2D eigenvalue weighted by molar-refractivity contribution is 6.12. The van der Waals surface area contributed by atoms with Gasteiger partial charge in [-0.2, -0.15) is 10.1 Å². The molecule has 0 aliphatic heterocycles. The van der Waals surface area contributed by atoms with E-state index >= 15 is 0 Å². The van der Waals surface area contributed by atoms with E-state index in [1.54, 1.807) is 35.0 Å². The number of carbonyl (C=O) groups is 1. The van der Waals surface area contributed by atoms with Gasteiger partial charge in [-0.15, -0.1) is 0 Å². The number of aromatic nitrogens is 4. The molecule has 2 heterocycles. The molecule has 7 heteroatoms. The van der Waals surface area contributed by atoms with Crippen LogP contribution in [0.4, 0.5) is 5.69 Å². The van der Waals surface area contributed by atoms with Gasteiger partial charge in [0.25, 0.3) is 5.91 Å². The average Bonchev–Trinajstić information content (AvgIpc) is 3.12. The summed E-state index contributed by atoms with van der Waals surface area (Å²) in [4.78, 5) is 21.8. The zero-order chi connectivity index (χ0) is 24.5. The lowest BCUT2D eigenvalue weighted by atomic mass is 10.0. The van der Waals surface area contributed by atoms with Gasteiger partial charge in [0.2, 0.25) is 5.88 Å². The fourth-order valence-electron chi connectivity index (χ4n) is 3.98. The second kappa shape index (κ2) is 9.02. The van der Waals surface area contributed by atoms with Gasteiger partial charge in [0.05, 0.1) is 5.69 Å². The van der Waals surface area contributed by atoms with Gasteiger partial charge in [0.15, 0.2) is 5.82 Å². The molecule has 0 aliphatic carbocycles. The summed E-state index contributed by atoms with van der Waals surface area (Å²) < 4.78 is 7.80. The van der Waals surface area contributed by atoms with Crippen LogP contribution in [0, 0.1) is 27.7 Å². The first-order valence-electron chi connectivity index (χ1n) is 11.3. The zero-order valence-electron chi connectivity index (χ0n) is 20.0. The Morgan fingerprint density at radius 2 is 1.63 bits per heavy atom. The number of anilines is 1. The summed E-state index contributed by atoms with van der Waals surface area (Å²) >= 11 is 0. The molecule has 1 N–H and O–H groups in total. The van der Waals surface area contributed by atoms with Crippen molar-refractivity contribution in [3.63, 3.8) is 0 Å². The lowest BCUT2D eigenvalue weighted by Gasteiger charge is -2.11. The normalized spacial score (nSPS) is 11.0. The molecular formula is C28H25N5O2. The quantitative estimate of drug-likeness (QED) is 0.341. The highest BCUT2D eigenvalue weighted by atomic mass is 16.5. The number of amides is 1. The predicted molar refractivity (Wildman–Crippen MR) is 137 cm³/mol. The average molecular weight is 464 g/mol. The van der Waals surface area contributed by atoms with Gasteiger partial charge in [-0.3, -0.25) is 4.79 Å². The summed E-state index contributed by atoms with van der Waals surface area (Å²) in [7, 11) is 0. The van der Waals surface area contributed by atoms with Crippen molar-refractivity contribution in [3.8, 4) is 17.4 Å². The third-order valence-corrected chi connectivity index (χ3v) is 6.04. The first kappa shape index (κ1) is 22.3. The number of rotatable bonds is 5. The largest absolute Gasteiger partial charge is 0.439 e. The molecule has 35 heavy (non-hydrogen) atoms. The van der Waals surface area contributed by atoms with Crippen LogP contribution in [0.5, 0.6) is 11.6 Å². The Morgan fingerprint density at radius 3 is 2.37 bits per heavy atom. The Bertz CT molecular complexity index is 1550. The molecule has 0 saturated heterocycles. The van der Waals surface area contributed by atoms with Crippen molar-refractivity contribution >= 4 is 22.4 Å². The summed E-state index contributed by atoms with van der Waals surface area (Å²) in [5.41, 5.74) is 4.42. The summed E-state index contributed by atoms with van der Waals surface area (Å²) in [5, 5.41) is 9.49. The van der Waals surface area contributed by atoms with Crippen LogP contribution in [0.3, 0.4) is 0 Å². The van der Waals surface area contributed by atoms with Gasteiger partial charge in [0.1, 0.15) is 11.6 Å². The van der Waals surface area contributed by atoms with Crippen LogP contribution in [-0.4, -0.2) is 25.7 Å². The highest BCUT2D eigenvalue weighted by Crippen LogP contribution is 2.25. The molecule has 0 saturated carbocycles. The number of benzene rings is 3. The maximum absolute atomic E-state index is 12.9. The van der Waals surface area contributed by atoms with Gasteiger partial charge in [-0.05, 0) is 74.4 Å². The number of fused-ring (bicyclic) bond motifs is 1. The van der Waals surface area contributed by atoms with E-state index in [-0.39, 0.29) is 5.91 Å². The van der Waals surface area contributed by atoms with Crippen LogP contribution in [0.1, 0.15) is 33.1 Å². The van der Waals surface area contributed by atoms with Crippen LogP contribution >= 0.6 is 0 Å². The molecule has 174 valence electrons. The second-order valence-electron chi connectivity index (χ2n) is 8.43. The number of hydrogen-bond donors (Lipinski definition) is 1. The molecule has 7 nitrogen and oxygen atoms in total. The third kappa shape index (κ3) is 4.48. The fraction of sp³-hybridized carbons (Fsp3) is 0.143. The van der Waals surface area contributed by atoms with Gasteiger partial charge < -0.3 is 10.1 Å². The molecule has 0 unspecified atom stereocenters. The van der Waals surface area contributed by atoms with Crippen LogP contribution < -0.4 is 10.1 Å². The lowest BCUT2D eigenvalue weighted by Crippen LogP contribution is -2.12. The molecule has 0 atom stereocenters. The monoisotopic (exact) mass is 463 g/mol. The molecule has 2 aromatic heterocycles. The summed E-state index contributed by atoms with van der Waals surface area (Å²) in [6.07, 6.45) is 0. The van der Waals surface area contributed by atoms with Crippen LogP contribution in [-0.2, 0) is 0 Å². The Balaban J connectivity index is 1.34. The SMILES string of the molecule is Cc1nc(Oc2ccc(NC(=O)c3cccc4ccccc34)cc2)cc(-n2nc(C)c(C)c2C)n1. The Morgan fingerprint density at radius 1 is 0.886 bits per heavy atom. The van der Waals surface area contributed by atoms with Crippen molar-refractivity contribution in [2.75, 3.05) is 5.32 Å². The van der Waals surface area contributed by atoms with E-state index in [1.807, 2.05) is 70.2 Å². The van der Waals surface area contributed by atoms with E-state index in [4.69, 9.17) is 4.74 Å². The van der Waals surface area contributed by atoms with Crippen LogP contribution in [0.2, 0.25) is 0 Å². The van der Waals surface area contributed by atoms with Gasteiger partial charge in [-0.25, -0.2) is 9.67 Å². The van der Waals surface area contributed by atoms with Gasteiger partial charge >= 0.3 is 0 Å². The number of hydrogen-bond acceptors (Lipinski definition) is 5. The fourth-order valence-corrected chi connectivity index (χ4v) is 3.98. The van der Waals surface area contributed by atoms with Crippen LogP contribution in [0.15, 0.2) is 72.8 Å². The first-order chi connectivity index (χ1) is 16.9. The summed E-state index contributed by atoms with van der Waals surface area (Å²) in [5.74, 6) is 2.10. The number of nitrogens with zero attached hydrogens (tertiary/aromatic N) is 4. The first-order valence-corrected chi connectivity index (χ1v) is 11.3. The number of nitrogens with one attached hydrogen (secondary N) is 1. The zero-order valence-corrected chi connectivity index (χ0v) is 20.0. The maximum Gasteiger partial charge on any atom is 0.256 e. The second-order valence-corrected chi connectivity index (χ2v) is 8.43. The molecule has 0 fully saturated rings. The number of ether oxygens (including phenoxy) is 1. The molecular weight excluding hydrogens is 438 g/mol. The van der Waals surface area contributed by atoms with Crippen LogP contribution in [0.25, 0.3) is 16.6 Å². The van der Waals surface area contributed by atoms with E-state index in [1.165, 1.54) is 0 Å². The standard InChI is InChI=1S/C28H25N5O2/c1-17-18(2)32-33(19(17)3)26-16-27(30-20(4)29-26)35-23-14-12-22(13-15-23)31-28(34)25-11-7-9-21-8-5-6-10-24(21)25/h5-16H,1-4H3,(H,31,34). The highest BCUT2D eigenvalue weighted by Gasteiger charge is 2.13. The Labute approximate surface area is 203 Å². The minimum Gasteiger partial charge on any atom is -0.439 e. The minimum absolute atomic E-state index is 0.160. The van der Waals surface area contributed by atoms with Crippen molar-refractivity contribution in [1.29, 1.82) is 0 Å². The Hall–Kier alpha value is -4.52. The van der Waals surface area contributed by atoms with Crippen molar-refractivity contribution in [2.45, 2.75) is 27.7 Å². The third-order valence-electron chi connectivity index (χ3n) is 6.04. The number of carbonyl (C=O) groups excluding carboxylic acids is 1. The van der Waals surface area contributed by atoms with E-state index in [2.05, 4.69) is 20.4 Å². The predicted octanol–water partition coefficient (Wildman–Crippen LogP) is 6.09. The summed E-state index contributed by atoms with van der Waals surface area (Å²) in [6, 6.07) is 22.5. The van der Waals surface area contributed by atoms with E-state index in [0.29, 0.717) is 34.5 Å². The van der Waals surface area contributed by atoms with E-state index in [0.717, 1.165) is 27.7 Å². The minimum atomic E-state index is -0.160. The Kier molecular flexibility index (Phi) is 5.74. The maximum atomic E-state index is 12.9. The molecule has 0 bridgehead atoms. The lowest BCUT2D eigenvalue weighted by molar-refractivity contribution is 0.102. The van der Waals surface area contributed by atoms with Gasteiger partial charge in [0, 0.05) is 23.0 Å². The van der Waals surface area contributed by atoms with E-state index in [9.17, 15) is 4.79 Å². The molecule has 5 rings (SSSR count). The molecule has 5 aromatic rings. The van der Waals surface area contributed by atoms with Crippen molar-refractivity contribution in [3.05, 3.63) is 101 Å². The summed E-state index contributed by atoms with van der Waals surface area (Å²) in [6.45, 7) is 7.85. The number of aryl methyl sites for hydroxylation is 2. The van der Waals surface area contributed by atoms with E-state index < -0.39 is 0 Å². The van der Waals surface area contributed by atoms with Crippen molar-refractivity contribution < 1.29 is 9.53 Å². The topological polar surface area (TPSA) is 81.9 Å². The molecule has 0 spiro atoms. The smallest absolute Gasteiger partial charge is 0.256 e. The molecule has 1 amide bonds.